The van der Waals surface area contributed by atoms with Crippen LogP contribution < -0.4 is 9.47 Å². The van der Waals surface area contributed by atoms with Gasteiger partial charge < -0.3 is 24.2 Å². The monoisotopic (exact) mass is 633 g/mol. The number of nitrogens with one attached hydrogen (secondary N) is 2. The predicted octanol–water partition coefficient (Wildman–Crippen LogP) is 8.24. The first kappa shape index (κ1) is 29.3. The van der Waals surface area contributed by atoms with Crippen molar-refractivity contribution in [3.8, 4) is 28.6 Å². The summed E-state index contributed by atoms with van der Waals surface area (Å²) in [6.45, 7) is 4.68. The summed E-state index contributed by atoms with van der Waals surface area (Å²) in [7, 11) is 0. The summed E-state index contributed by atoms with van der Waals surface area (Å²) < 4.78 is 62.4. The number of rotatable bonds is 8. The normalized spacial score (nSPS) is 20.5. The molecule has 3 aromatic carbocycles. The van der Waals surface area contributed by atoms with Crippen molar-refractivity contribution in [3.63, 3.8) is 0 Å². The van der Waals surface area contributed by atoms with Gasteiger partial charge in [-0.1, -0.05) is 18.2 Å². The van der Waals surface area contributed by atoms with Crippen LogP contribution in [0, 0.1) is 23.4 Å². The number of hydrogen-bond acceptors (Lipinski definition) is 6. The molecule has 0 amide bonds. The molecule has 0 saturated heterocycles. The highest BCUT2D eigenvalue weighted by Crippen LogP contribution is 2.55. The maximum Gasteiger partial charge on any atom is 0.309 e. The van der Waals surface area contributed by atoms with Crippen LogP contribution in [0.3, 0.4) is 0 Å². The third-order valence-corrected chi connectivity index (χ3v) is 9.68. The fourth-order valence-corrected chi connectivity index (χ4v) is 7.04. The molecule has 11 heteroatoms. The van der Waals surface area contributed by atoms with Gasteiger partial charge in [-0.2, -0.15) is 4.39 Å². The number of hydrogen-bond donors (Lipinski definition) is 2. The first-order chi connectivity index (χ1) is 21.7. The molecule has 1 fully saturated rings. The fourth-order valence-electron chi connectivity index (χ4n) is 6.33. The first-order valence-electron chi connectivity index (χ1n) is 14.7. The van der Waals surface area contributed by atoms with Gasteiger partial charge in [0.15, 0.2) is 11.6 Å². The Kier molecular flexibility index (Phi) is 7.31. The van der Waals surface area contributed by atoms with E-state index in [1.807, 2.05) is 18.2 Å². The van der Waals surface area contributed by atoms with Gasteiger partial charge in [-0.15, -0.1) is 11.8 Å². The number of carbonyl (C=O) groups excluding carboxylic acids is 1. The Balaban J connectivity index is 1.21. The molecule has 1 saturated carbocycles. The second-order valence-corrected chi connectivity index (χ2v) is 12.3. The average molecular weight is 634 g/mol. The van der Waals surface area contributed by atoms with Crippen LogP contribution in [0.15, 0.2) is 59.8 Å². The van der Waals surface area contributed by atoms with Crippen molar-refractivity contribution in [1.29, 1.82) is 0 Å². The van der Waals surface area contributed by atoms with E-state index in [-0.39, 0.29) is 46.2 Å². The lowest BCUT2D eigenvalue weighted by atomic mass is 9.74. The molecule has 1 aliphatic heterocycles. The summed E-state index contributed by atoms with van der Waals surface area (Å²) in [6.07, 6.45) is 6.32. The highest BCUT2D eigenvalue weighted by Gasteiger charge is 2.48. The molecule has 45 heavy (non-hydrogen) atoms. The van der Waals surface area contributed by atoms with Gasteiger partial charge in [-0.3, -0.25) is 4.79 Å². The summed E-state index contributed by atoms with van der Waals surface area (Å²) in [5.74, 6) is -2.18. The van der Waals surface area contributed by atoms with Crippen molar-refractivity contribution in [2.75, 3.05) is 19.5 Å². The average Bonchev–Trinajstić information content (AvgIpc) is 3.40. The number of carbonyl (C=O) groups is 1. The fraction of sp³-hybridized carbons (Fsp3) is 0.294. The minimum Gasteiger partial charge on any atom is -0.493 e. The Hall–Kier alpha value is -4.38. The molecule has 232 valence electrons. The second-order valence-electron chi connectivity index (χ2n) is 11.5. The lowest BCUT2D eigenvalue weighted by Crippen LogP contribution is -2.32. The molecule has 3 atom stereocenters. The summed E-state index contributed by atoms with van der Waals surface area (Å²) in [6, 6.07) is 11.6. The third kappa shape index (κ3) is 4.84. The van der Waals surface area contributed by atoms with E-state index in [1.54, 1.807) is 25.4 Å². The van der Waals surface area contributed by atoms with Gasteiger partial charge in [-0.05, 0) is 62.8 Å². The zero-order valence-corrected chi connectivity index (χ0v) is 25.6. The molecule has 7 nitrogen and oxygen atoms in total. The van der Waals surface area contributed by atoms with Gasteiger partial charge in [-0.25, -0.2) is 13.8 Å². The Bertz CT molecular complexity index is 1960. The Morgan fingerprint density at radius 2 is 2.02 bits per heavy atom. The summed E-state index contributed by atoms with van der Waals surface area (Å²) in [5.41, 5.74) is 2.34. The van der Waals surface area contributed by atoms with Crippen molar-refractivity contribution in [3.05, 3.63) is 89.1 Å². The van der Waals surface area contributed by atoms with Crippen molar-refractivity contribution < 1.29 is 32.2 Å². The Morgan fingerprint density at radius 3 is 2.82 bits per heavy atom. The minimum absolute atomic E-state index is 0.0402. The van der Waals surface area contributed by atoms with E-state index in [1.165, 1.54) is 36.2 Å². The number of fused-ring (bicyclic) bond motifs is 2. The van der Waals surface area contributed by atoms with Crippen LogP contribution >= 0.6 is 11.8 Å². The molecule has 2 aliphatic rings. The highest BCUT2D eigenvalue weighted by molar-refractivity contribution is 7.99. The van der Waals surface area contributed by atoms with Gasteiger partial charge in [0.25, 0.3) is 0 Å². The van der Waals surface area contributed by atoms with E-state index in [0.29, 0.717) is 29.9 Å². The van der Waals surface area contributed by atoms with Crippen LogP contribution in [0.1, 0.15) is 49.4 Å². The molecule has 7 rings (SSSR count). The minimum atomic E-state index is -1.13. The molecular formula is C34H30F3N3O4S. The number of aromatic nitrogens is 3. The lowest BCUT2D eigenvalue weighted by Gasteiger charge is -2.36. The van der Waals surface area contributed by atoms with E-state index in [0.717, 1.165) is 29.0 Å². The number of imidazole rings is 1. The van der Waals surface area contributed by atoms with Gasteiger partial charge in [0.05, 0.1) is 35.1 Å². The standard InChI is InChI=1S/C34H30F3N3O4S/c1-4-42-33(41)21-15-20(21)18-6-5-7-23-29(18)43-13-11-34(23,2)25-16-39-32(40-25)22-14-17(8-9-24(22)35)44-30-27(37)26(36)28-19(10-12-38-28)31(30)45-3/h5-10,12,14,16,20-21,38H,4,11,13,15H2,1-3H3,(H,39,40)/t20?,21?,34-/m0/s1. The van der Waals surface area contributed by atoms with E-state index in [4.69, 9.17) is 14.2 Å². The number of para-hydroxylation sites is 1. The molecule has 0 spiro atoms. The number of aromatic amines is 2. The molecule has 0 bridgehead atoms. The highest BCUT2D eigenvalue weighted by atomic mass is 32.2. The van der Waals surface area contributed by atoms with Gasteiger partial charge >= 0.3 is 5.97 Å². The van der Waals surface area contributed by atoms with Gasteiger partial charge in [0, 0.05) is 40.4 Å². The van der Waals surface area contributed by atoms with Crippen molar-refractivity contribution in [1.82, 2.24) is 15.0 Å². The number of H-pyrrole nitrogens is 2. The number of benzene rings is 3. The molecular weight excluding hydrogens is 603 g/mol. The van der Waals surface area contributed by atoms with Gasteiger partial charge in [0.1, 0.15) is 23.1 Å². The largest absolute Gasteiger partial charge is 0.493 e. The molecule has 2 aromatic heterocycles. The molecule has 2 N–H and O–H groups in total. The number of halogens is 3. The first-order valence-corrected chi connectivity index (χ1v) is 16.0. The van der Waals surface area contributed by atoms with Crippen LogP contribution in [0.2, 0.25) is 0 Å². The maximum atomic E-state index is 15.2. The van der Waals surface area contributed by atoms with Crippen LogP contribution in [0.5, 0.6) is 17.2 Å². The zero-order valence-electron chi connectivity index (χ0n) is 24.8. The van der Waals surface area contributed by atoms with E-state index in [2.05, 4.69) is 21.9 Å². The SMILES string of the molecule is CCOC(=O)C1CC1c1cccc2c1OCC[C@]2(C)c1cnc(-c2cc(Oc3c(F)c(F)c4[nH]ccc4c3SC)ccc2F)[nH]1. The van der Waals surface area contributed by atoms with E-state index >= 15 is 8.78 Å². The number of ether oxygens (including phenoxy) is 3. The Labute approximate surface area is 261 Å². The van der Waals surface area contributed by atoms with Crippen LogP contribution in [0.4, 0.5) is 13.2 Å². The summed E-state index contributed by atoms with van der Waals surface area (Å²) >= 11 is 1.22. The molecule has 0 radical (unpaired) electrons. The number of thioether (sulfide) groups is 1. The predicted molar refractivity (Wildman–Crippen MR) is 165 cm³/mol. The van der Waals surface area contributed by atoms with Crippen molar-refractivity contribution in [2.45, 2.75) is 42.9 Å². The maximum absolute atomic E-state index is 15.2. The van der Waals surface area contributed by atoms with E-state index in [9.17, 15) is 9.18 Å². The van der Waals surface area contributed by atoms with Crippen molar-refractivity contribution in [2.24, 2.45) is 5.92 Å². The molecule has 5 aromatic rings. The van der Waals surface area contributed by atoms with Crippen LogP contribution in [-0.4, -0.2) is 40.4 Å². The summed E-state index contributed by atoms with van der Waals surface area (Å²) in [5, 5.41) is 0.487. The van der Waals surface area contributed by atoms with Crippen molar-refractivity contribution >= 4 is 28.6 Å². The topological polar surface area (TPSA) is 89.2 Å². The van der Waals surface area contributed by atoms with E-state index < -0.39 is 22.9 Å². The number of nitrogens with zero attached hydrogens (tertiary/aromatic N) is 1. The van der Waals surface area contributed by atoms with Gasteiger partial charge in [0.2, 0.25) is 5.82 Å². The smallest absolute Gasteiger partial charge is 0.309 e. The molecule has 1 aliphatic carbocycles. The number of esters is 1. The van der Waals surface area contributed by atoms with Crippen LogP contribution in [0.25, 0.3) is 22.3 Å². The quantitative estimate of drug-likeness (QED) is 0.132. The van der Waals surface area contributed by atoms with Crippen LogP contribution in [-0.2, 0) is 14.9 Å². The molecule has 2 unspecified atom stereocenters. The molecule has 3 heterocycles. The lowest BCUT2D eigenvalue weighted by molar-refractivity contribution is -0.144. The second kappa shape index (κ2) is 11.2. The Morgan fingerprint density at radius 1 is 1.18 bits per heavy atom. The zero-order chi connectivity index (χ0) is 31.5. The third-order valence-electron chi connectivity index (χ3n) is 8.86. The summed E-state index contributed by atoms with van der Waals surface area (Å²) in [4.78, 5) is 23.3.